The minimum Gasteiger partial charge on any atom is -0.493 e. The van der Waals surface area contributed by atoms with E-state index in [4.69, 9.17) is 42.1 Å². The number of nitrogens with one attached hydrogen (secondary N) is 1. The van der Waals surface area contributed by atoms with E-state index >= 15 is 0 Å². The number of benzene rings is 3. The summed E-state index contributed by atoms with van der Waals surface area (Å²) in [6.07, 6.45) is 1.59. The molecule has 9 nitrogen and oxygen atoms in total. The summed E-state index contributed by atoms with van der Waals surface area (Å²) in [5.41, 5.74) is 2.63. The van der Waals surface area contributed by atoms with Crippen LogP contribution in [0.3, 0.4) is 0 Å². The van der Waals surface area contributed by atoms with Crippen LogP contribution in [0, 0.1) is 6.92 Å². The molecule has 0 bridgehead atoms. The fraction of sp³-hybridized carbons (Fsp3) is 0.179. The highest BCUT2D eigenvalue weighted by Crippen LogP contribution is 2.40. The Labute approximate surface area is 243 Å². The first-order valence-corrected chi connectivity index (χ1v) is 13.5. The molecule has 3 aromatic carbocycles. The molecule has 206 valence electrons. The largest absolute Gasteiger partial charge is 0.493 e. The van der Waals surface area contributed by atoms with Crippen molar-refractivity contribution >= 4 is 63.8 Å². The molecule has 1 saturated heterocycles. The molecule has 2 heterocycles. The number of halogens is 2. The maximum Gasteiger partial charge on any atom is 0.293 e. The molecule has 2 aliphatic heterocycles. The maximum absolute atomic E-state index is 13.1. The summed E-state index contributed by atoms with van der Waals surface area (Å²) < 4.78 is 21.7. The Morgan fingerprint density at radius 2 is 1.82 bits per heavy atom. The smallest absolute Gasteiger partial charge is 0.293 e. The molecule has 12 heteroatoms. The molecule has 3 amide bonds. The number of hydrogen-bond donors (Lipinski definition) is 1. The minimum atomic E-state index is -0.448. The number of carbonyl (C=O) groups is 3. The van der Waals surface area contributed by atoms with E-state index in [1.54, 1.807) is 48.5 Å². The van der Waals surface area contributed by atoms with Gasteiger partial charge in [-0.1, -0.05) is 35.3 Å². The molecule has 3 aromatic rings. The fourth-order valence-electron chi connectivity index (χ4n) is 3.94. The molecule has 0 aromatic heterocycles. The predicted molar refractivity (Wildman–Crippen MR) is 152 cm³/mol. The highest BCUT2D eigenvalue weighted by Gasteiger charge is 2.35. The van der Waals surface area contributed by atoms with Crippen LogP contribution in [0.5, 0.6) is 23.0 Å². The summed E-state index contributed by atoms with van der Waals surface area (Å²) in [5, 5.41) is 3.22. The Kier molecular flexibility index (Phi) is 8.11. The Bertz CT molecular complexity index is 1560. The summed E-state index contributed by atoms with van der Waals surface area (Å²) >= 11 is 13.3. The molecule has 0 atom stereocenters. The monoisotopic (exact) mass is 600 g/mol. The Morgan fingerprint density at radius 1 is 1.05 bits per heavy atom. The van der Waals surface area contributed by atoms with Gasteiger partial charge < -0.3 is 24.3 Å². The zero-order chi connectivity index (χ0) is 28.4. The first-order chi connectivity index (χ1) is 19.2. The van der Waals surface area contributed by atoms with E-state index in [2.05, 4.69) is 5.32 Å². The number of ether oxygens (including phenoxy) is 4. The fourth-order valence-corrected chi connectivity index (χ4v) is 5.17. The minimum absolute atomic E-state index is 0.00949. The zero-order valence-corrected chi connectivity index (χ0v) is 23.6. The number of thioether (sulfide) groups is 1. The number of amides is 3. The van der Waals surface area contributed by atoms with Crippen molar-refractivity contribution in [1.82, 2.24) is 4.90 Å². The summed E-state index contributed by atoms with van der Waals surface area (Å²) in [6.45, 7) is 1.69. The van der Waals surface area contributed by atoms with Crippen LogP contribution in [0.2, 0.25) is 10.0 Å². The van der Waals surface area contributed by atoms with Crippen LogP contribution in [0.15, 0.2) is 53.4 Å². The van der Waals surface area contributed by atoms with Gasteiger partial charge in [-0.05, 0) is 71.8 Å². The summed E-state index contributed by atoms with van der Waals surface area (Å²) in [4.78, 5) is 39.5. The molecule has 0 spiro atoms. The average Bonchev–Trinajstić information content (AvgIpc) is 3.48. The molecule has 0 aliphatic carbocycles. The van der Waals surface area contributed by atoms with E-state index in [0.717, 1.165) is 22.2 Å². The standard InChI is InChI=1S/C28H22Cl2N2O7S/c1-15-3-5-18(10-19(15)29)31-26(33)13-37-21-6-4-16(7-22(21)36-2)8-25-27(34)32(28(35)40-25)12-17-9-23-24(11-20(17)30)39-14-38-23/h3-11H,12-14H2,1-2H3,(H,31,33)/b25-8-. The number of carbonyl (C=O) groups excluding carboxylic acids is 3. The van der Waals surface area contributed by atoms with E-state index < -0.39 is 11.1 Å². The number of anilines is 1. The molecule has 1 N–H and O–H groups in total. The first kappa shape index (κ1) is 27.7. The van der Waals surface area contributed by atoms with Crippen LogP contribution < -0.4 is 24.3 Å². The highest BCUT2D eigenvalue weighted by molar-refractivity contribution is 8.18. The molecular weight excluding hydrogens is 579 g/mol. The molecule has 2 aliphatic rings. The molecule has 0 saturated carbocycles. The van der Waals surface area contributed by atoms with Crippen molar-refractivity contribution in [2.75, 3.05) is 25.8 Å². The van der Waals surface area contributed by atoms with Gasteiger partial charge in [-0.25, -0.2) is 0 Å². The van der Waals surface area contributed by atoms with Crippen molar-refractivity contribution in [3.63, 3.8) is 0 Å². The van der Waals surface area contributed by atoms with Crippen LogP contribution >= 0.6 is 35.0 Å². The average molecular weight is 601 g/mol. The maximum atomic E-state index is 13.1. The lowest BCUT2D eigenvalue weighted by molar-refractivity contribution is -0.123. The highest BCUT2D eigenvalue weighted by atomic mass is 35.5. The van der Waals surface area contributed by atoms with Gasteiger partial charge in [0.2, 0.25) is 6.79 Å². The molecule has 1 fully saturated rings. The van der Waals surface area contributed by atoms with Gasteiger partial charge in [0.1, 0.15) is 0 Å². The number of rotatable bonds is 8. The second-order valence-electron chi connectivity index (χ2n) is 8.78. The lowest BCUT2D eigenvalue weighted by Crippen LogP contribution is -2.27. The summed E-state index contributed by atoms with van der Waals surface area (Å²) in [6, 6.07) is 13.4. The lowest BCUT2D eigenvalue weighted by Gasteiger charge is -2.14. The topological polar surface area (TPSA) is 103 Å². The van der Waals surface area contributed by atoms with Gasteiger partial charge >= 0.3 is 0 Å². The van der Waals surface area contributed by atoms with Gasteiger partial charge in [0.25, 0.3) is 17.1 Å². The van der Waals surface area contributed by atoms with Gasteiger partial charge in [-0.2, -0.15) is 0 Å². The van der Waals surface area contributed by atoms with Gasteiger partial charge in [0, 0.05) is 21.8 Å². The van der Waals surface area contributed by atoms with Crippen molar-refractivity contribution in [1.29, 1.82) is 0 Å². The van der Waals surface area contributed by atoms with Gasteiger partial charge in [-0.3, -0.25) is 19.3 Å². The first-order valence-electron chi connectivity index (χ1n) is 11.9. The van der Waals surface area contributed by atoms with Crippen molar-refractivity contribution in [2.45, 2.75) is 13.5 Å². The predicted octanol–water partition coefficient (Wildman–Crippen LogP) is 6.29. The van der Waals surface area contributed by atoms with Crippen molar-refractivity contribution in [2.24, 2.45) is 0 Å². The van der Waals surface area contributed by atoms with Gasteiger partial charge in [0.05, 0.1) is 18.6 Å². The number of aryl methyl sites for hydroxylation is 1. The third-order valence-corrected chi connectivity index (χ3v) is 7.71. The number of fused-ring (bicyclic) bond motifs is 1. The van der Waals surface area contributed by atoms with E-state index in [1.165, 1.54) is 7.11 Å². The normalized spacial score (nSPS) is 15.1. The second-order valence-corrected chi connectivity index (χ2v) is 10.6. The SMILES string of the molecule is COc1cc(/C=C2\SC(=O)N(Cc3cc4c(cc3Cl)OCO4)C2=O)ccc1OCC(=O)Nc1ccc(C)c(Cl)c1. The summed E-state index contributed by atoms with van der Waals surface area (Å²) in [7, 11) is 1.46. The quantitative estimate of drug-likeness (QED) is 0.301. The van der Waals surface area contributed by atoms with Crippen molar-refractivity contribution in [3.05, 3.63) is 80.2 Å². The van der Waals surface area contributed by atoms with Crippen LogP contribution in [-0.4, -0.2) is 42.5 Å². The Hall–Kier alpha value is -3.86. The molecule has 40 heavy (non-hydrogen) atoms. The van der Waals surface area contributed by atoms with E-state index in [9.17, 15) is 14.4 Å². The second kappa shape index (κ2) is 11.7. The van der Waals surface area contributed by atoms with Crippen LogP contribution in [0.25, 0.3) is 6.08 Å². The number of imide groups is 1. The number of hydrogen-bond acceptors (Lipinski definition) is 8. The Balaban J connectivity index is 1.25. The third kappa shape index (κ3) is 5.99. The van der Waals surface area contributed by atoms with Crippen molar-refractivity contribution in [3.8, 4) is 23.0 Å². The Morgan fingerprint density at radius 3 is 2.58 bits per heavy atom. The van der Waals surface area contributed by atoms with Crippen molar-refractivity contribution < 1.29 is 33.3 Å². The molecule has 5 rings (SSSR count). The molecular formula is C28H22Cl2N2O7S. The third-order valence-electron chi connectivity index (χ3n) is 6.04. The summed E-state index contributed by atoms with van der Waals surface area (Å²) in [5.74, 6) is 0.890. The molecule has 0 unspecified atom stereocenters. The van der Waals surface area contributed by atoms with E-state index in [-0.39, 0.29) is 30.8 Å². The number of nitrogens with zero attached hydrogens (tertiary/aromatic N) is 1. The van der Waals surface area contributed by atoms with Crippen LogP contribution in [0.4, 0.5) is 10.5 Å². The van der Waals surface area contributed by atoms with E-state index in [0.29, 0.717) is 49.9 Å². The molecule has 0 radical (unpaired) electrons. The van der Waals surface area contributed by atoms with Gasteiger partial charge in [-0.15, -0.1) is 0 Å². The van der Waals surface area contributed by atoms with Crippen LogP contribution in [-0.2, 0) is 16.1 Å². The van der Waals surface area contributed by atoms with E-state index in [1.807, 2.05) is 13.0 Å². The number of methoxy groups -OCH3 is 1. The lowest BCUT2D eigenvalue weighted by atomic mass is 10.1. The van der Waals surface area contributed by atoms with Crippen LogP contribution in [0.1, 0.15) is 16.7 Å². The zero-order valence-electron chi connectivity index (χ0n) is 21.3. The van der Waals surface area contributed by atoms with Gasteiger partial charge in [0.15, 0.2) is 29.6 Å².